The van der Waals surface area contributed by atoms with E-state index in [9.17, 15) is 14.7 Å². The van der Waals surface area contributed by atoms with Crippen LogP contribution in [0.25, 0.3) is 0 Å². The Morgan fingerprint density at radius 2 is 2.10 bits per heavy atom. The number of amides is 1. The van der Waals surface area contributed by atoms with Crippen LogP contribution in [0.3, 0.4) is 0 Å². The van der Waals surface area contributed by atoms with Crippen molar-refractivity contribution in [1.82, 2.24) is 5.32 Å². The molecular formula is C13H18N3O3S-. The summed E-state index contributed by atoms with van der Waals surface area (Å²) >= 11 is 1.10. The molecule has 1 heterocycles. The fraction of sp³-hybridized carbons (Fsp3) is 0.692. The molecule has 2 rings (SSSR count). The fourth-order valence-corrected chi connectivity index (χ4v) is 3.28. The first-order valence-electron chi connectivity index (χ1n) is 6.89. The molecule has 0 aromatic rings. The maximum Gasteiger partial charge on any atom is 0.239 e. The average Bonchev–Trinajstić information content (AvgIpc) is 2.77. The van der Waals surface area contributed by atoms with Crippen LogP contribution in [0.1, 0.15) is 45.4 Å². The van der Waals surface area contributed by atoms with Crippen molar-refractivity contribution >= 4 is 34.5 Å². The van der Waals surface area contributed by atoms with Gasteiger partial charge in [-0.05, 0) is 31.6 Å². The van der Waals surface area contributed by atoms with E-state index in [0.29, 0.717) is 5.17 Å². The zero-order valence-electron chi connectivity index (χ0n) is 11.4. The summed E-state index contributed by atoms with van der Waals surface area (Å²) in [6, 6.07) is 0. The van der Waals surface area contributed by atoms with Crippen LogP contribution in [0, 0.1) is 5.92 Å². The first-order chi connectivity index (χ1) is 9.58. The van der Waals surface area contributed by atoms with E-state index in [1.807, 2.05) is 0 Å². The normalized spacial score (nSPS) is 28.6. The highest BCUT2D eigenvalue weighted by atomic mass is 32.2. The lowest BCUT2D eigenvalue weighted by Gasteiger charge is -2.20. The molecule has 1 aliphatic carbocycles. The van der Waals surface area contributed by atoms with Gasteiger partial charge in [-0.3, -0.25) is 4.79 Å². The third-order valence-corrected chi connectivity index (χ3v) is 4.74. The second-order valence-corrected chi connectivity index (χ2v) is 6.29. The quantitative estimate of drug-likeness (QED) is 0.771. The summed E-state index contributed by atoms with van der Waals surface area (Å²) in [6.07, 6.45) is 5.11. The maximum atomic E-state index is 11.5. The Bertz CT molecular complexity index is 452. The summed E-state index contributed by atoms with van der Waals surface area (Å²) in [5.74, 6) is -0.787. The SMILES string of the molecule is CCC1CCC(=N/N=C2/NC(=O)[C@@H](CC(=O)[O-])S2)CC1. The van der Waals surface area contributed by atoms with E-state index in [0.717, 1.165) is 49.1 Å². The lowest BCUT2D eigenvalue weighted by atomic mass is 9.86. The van der Waals surface area contributed by atoms with Crippen LogP contribution < -0.4 is 10.4 Å². The molecule has 110 valence electrons. The molecule has 0 aromatic heterocycles. The molecule has 1 N–H and O–H groups in total. The van der Waals surface area contributed by atoms with E-state index in [2.05, 4.69) is 22.4 Å². The molecule has 2 fully saturated rings. The van der Waals surface area contributed by atoms with E-state index in [4.69, 9.17) is 0 Å². The molecule has 1 atom stereocenters. The number of nitrogens with zero attached hydrogens (tertiary/aromatic N) is 2. The summed E-state index contributed by atoms with van der Waals surface area (Å²) in [5.41, 5.74) is 1.06. The molecular weight excluding hydrogens is 278 g/mol. The molecule has 0 radical (unpaired) electrons. The Hall–Kier alpha value is -1.37. The highest BCUT2D eigenvalue weighted by Gasteiger charge is 2.30. The predicted molar refractivity (Wildman–Crippen MR) is 76.3 cm³/mol. The number of hydrogen-bond donors (Lipinski definition) is 1. The van der Waals surface area contributed by atoms with Crippen LogP contribution in [0.5, 0.6) is 0 Å². The second kappa shape index (κ2) is 6.88. The van der Waals surface area contributed by atoms with Crippen LogP contribution in [0.2, 0.25) is 0 Å². The highest BCUT2D eigenvalue weighted by Crippen LogP contribution is 2.25. The van der Waals surface area contributed by atoms with E-state index in [1.165, 1.54) is 6.42 Å². The van der Waals surface area contributed by atoms with Crippen LogP contribution in [0.4, 0.5) is 0 Å². The summed E-state index contributed by atoms with van der Waals surface area (Å²) in [5, 5.41) is 21.0. The van der Waals surface area contributed by atoms with Gasteiger partial charge in [0.1, 0.15) is 0 Å². The van der Waals surface area contributed by atoms with E-state index in [1.54, 1.807) is 0 Å². The number of rotatable bonds is 4. The predicted octanol–water partition coefficient (Wildman–Crippen LogP) is 0.670. The van der Waals surface area contributed by atoms with Crippen molar-refractivity contribution in [2.75, 3.05) is 0 Å². The van der Waals surface area contributed by atoms with Crippen molar-refractivity contribution in [3.05, 3.63) is 0 Å². The van der Waals surface area contributed by atoms with Crippen molar-refractivity contribution in [3.63, 3.8) is 0 Å². The molecule has 0 aromatic carbocycles. The van der Waals surface area contributed by atoms with Gasteiger partial charge >= 0.3 is 0 Å². The van der Waals surface area contributed by atoms with Gasteiger partial charge < -0.3 is 15.2 Å². The molecule has 1 saturated carbocycles. The van der Waals surface area contributed by atoms with Gasteiger partial charge in [0, 0.05) is 18.1 Å². The van der Waals surface area contributed by atoms with Gasteiger partial charge in [-0.1, -0.05) is 25.1 Å². The van der Waals surface area contributed by atoms with Crippen LogP contribution in [-0.4, -0.2) is 28.0 Å². The van der Waals surface area contributed by atoms with Crippen molar-refractivity contribution in [2.45, 2.75) is 50.7 Å². The number of amidine groups is 1. The zero-order chi connectivity index (χ0) is 14.5. The minimum atomic E-state index is -1.23. The van der Waals surface area contributed by atoms with E-state index >= 15 is 0 Å². The Morgan fingerprint density at radius 3 is 2.70 bits per heavy atom. The summed E-state index contributed by atoms with van der Waals surface area (Å²) in [7, 11) is 0. The number of aliphatic carboxylic acids is 1. The van der Waals surface area contributed by atoms with E-state index < -0.39 is 11.2 Å². The minimum Gasteiger partial charge on any atom is -0.550 e. The minimum absolute atomic E-state index is 0.301. The monoisotopic (exact) mass is 296 g/mol. The summed E-state index contributed by atoms with van der Waals surface area (Å²) in [6.45, 7) is 2.20. The standard InChI is InChI=1S/C13H19N3O3S/c1-2-8-3-5-9(6-4-8)15-16-13-14-12(19)10(20-13)7-11(17)18/h8,10H,2-7H2,1H3,(H,17,18)(H,14,16,19)/p-1/t8?,10-/m1/s1. The number of hydrogen-bond acceptors (Lipinski definition) is 6. The number of nitrogens with one attached hydrogen (secondary N) is 1. The molecule has 0 bridgehead atoms. The summed E-state index contributed by atoms with van der Waals surface area (Å²) < 4.78 is 0. The smallest absolute Gasteiger partial charge is 0.239 e. The Morgan fingerprint density at radius 1 is 1.40 bits per heavy atom. The topological polar surface area (TPSA) is 94.0 Å². The third-order valence-electron chi connectivity index (χ3n) is 3.67. The van der Waals surface area contributed by atoms with Gasteiger partial charge in [0.2, 0.25) is 5.91 Å². The van der Waals surface area contributed by atoms with Gasteiger partial charge in [0.05, 0.1) is 5.25 Å². The lowest BCUT2D eigenvalue weighted by molar-refractivity contribution is -0.305. The van der Waals surface area contributed by atoms with Crippen molar-refractivity contribution in [2.24, 2.45) is 16.1 Å². The first-order valence-corrected chi connectivity index (χ1v) is 7.77. The van der Waals surface area contributed by atoms with Crippen molar-refractivity contribution in [1.29, 1.82) is 0 Å². The third kappa shape index (κ3) is 4.06. The molecule has 0 spiro atoms. The first kappa shape index (κ1) is 15.0. The Labute approximate surface area is 122 Å². The molecule has 6 nitrogen and oxygen atoms in total. The largest absolute Gasteiger partial charge is 0.550 e. The van der Waals surface area contributed by atoms with E-state index in [-0.39, 0.29) is 12.3 Å². The van der Waals surface area contributed by atoms with Gasteiger partial charge in [0.15, 0.2) is 5.17 Å². The lowest BCUT2D eigenvalue weighted by Crippen LogP contribution is -2.31. The van der Waals surface area contributed by atoms with Gasteiger partial charge in [-0.15, -0.1) is 5.10 Å². The van der Waals surface area contributed by atoms with Crippen LogP contribution >= 0.6 is 11.8 Å². The molecule has 7 heteroatoms. The Kier molecular flexibility index (Phi) is 5.17. The number of carbonyl (C=O) groups is 2. The number of thioether (sulfide) groups is 1. The maximum absolute atomic E-state index is 11.5. The number of carbonyl (C=O) groups excluding carboxylic acids is 2. The molecule has 1 amide bonds. The van der Waals surface area contributed by atoms with Crippen LogP contribution in [0.15, 0.2) is 10.2 Å². The molecule has 20 heavy (non-hydrogen) atoms. The van der Waals surface area contributed by atoms with Crippen LogP contribution in [-0.2, 0) is 9.59 Å². The second-order valence-electron chi connectivity index (χ2n) is 5.09. The zero-order valence-corrected chi connectivity index (χ0v) is 12.2. The van der Waals surface area contributed by atoms with Gasteiger partial charge in [-0.2, -0.15) is 5.10 Å². The average molecular weight is 296 g/mol. The molecule has 0 unspecified atom stereocenters. The van der Waals surface area contributed by atoms with Gasteiger partial charge in [-0.25, -0.2) is 0 Å². The van der Waals surface area contributed by atoms with Crippen molar-refractivity contribution in [3.8, 4) is 0 Å². The Balaban J connectivity index is 1.89. The van der Waals surface area contributed by atoms with Crippen molar-refractivity contribution < 1.29 is 14.7 Å². The number of carboxylic acid groups (broad SMARTS) is 1. The summed E-state index contributed by atoms with van der Waals surface area (Å²) in [4.78, 5) is 22.0. The molecule has 1 aliphatic heterocycles. The highest BCUT2D eigenvalue weighted by molar-refractivity contribution is 8.15. The fourth-order valence-electron chi connectivity index (χ4n) is 2.37. The van der Waals surface area contributed by atoms with Gasteiger partial charge in [0.25, 0.3) is 0 Å². The molecule has 2 aliphatic rings. The molecule has 1 saturated heterocycles. The number of carboxylic acids is 1.